The normalized spacial score (nSPS) is 14.3. The van der Waals surface area contributed by atoms with Crippen LogP contribution < -0.4 is 10.6 Å². The van der Waals surface area contributed by atoms with Crippen LogP contribution in [-0.2, 0) is 4.79 Å². The quantitative estimate of drug-likeness (QED) is 0.841. The van der Waals surface area contributed by atoms with Crippen LogP contribution in [0.2, 0.25) is 0 Å². The Hall–Kier alpha value is -1.95. The number of nitrogens with zero attached hydrogens (tertiary/aromatic N) is 1. The van der Waals surface area contributed by atoms with E-state index in [0.717, 1.165) is 25.9 Å². The number of carbonyl (C=O) groups excluding carboxylic acids is 2. The second kappa shape index (κ2) is 7.89. The molecule has 1 saturated heterocycles. The summed E-state index contributed by atoms with van der Waals surface area (Å²) in [5.74, 6) is -0.0927. The van der Waals surface area contributed by atoms with Crippen molar-refractivity contribution in [2.75, 3.05) is 18.4 Å². The van der Waals surface area contributed by atoms with E-state index >= 15 is 0 Å². The van der Waals surface area contributed by atoms with E-state index in [1.807, 2.05) is 17.0 Å². The van der Waals surface area contributed by atoms with Gasteiger partial charge in [0, 0.05) is 30.8 Å². The third-order valence-electron chi connectivity index (χ3n) is 3.58. The van der Waals surface area contributed by atoms with Crippen molar-refractivity contribution in [3.8, 4) is 0 Å². The van der Waals surface area contributed by atoms with Crippen molar-refractivity contribution >= 4 is 34.8 Å². The van der Waals surface area contributed by atoms with Crippen LogP contribution in [0.3, 0.4) is 0 Å². The fraction of sp³-hybridized carbons (Fsp3) is 0.438. The lowest BCUT2D eigenvalue weighted by Gasteiger charge is -2.26. The maximum atomic E-state index is 12.5. The van der Waals surface area contributed by atoms with Gasteiger partial charge in [0.15, 0.2) is 5.11 Å². The number of carbonyl (C=O) groups is 2. The summed E-state index contributed by atoms with van der Waals surface area (Å²) in [5, 5.41) is 5.76. The number of benzene rings is 1. The predicted molar refractivity (Wildman–Crippen MR) is 90.9 cm³/mol. The van der Waals surface area contributed by atoms with Gasteiger partial charge < -0.3 is 15.5 Å². The molecule has 0 atom stereocenters. The highest BCUT2D eigenvalue weighted by molar-refractivity contribution is 7.80. The first kappa shape index (κ1) is 16.4. The first-order valence-electron chi connectivity index (χ1n) is 7.60. The van der Waals surface area contributed by atoms with Crippen LogP contribution in [0.15, 0.2) is 24.3 Å². The molecule has 0 spiro atoms. The van der Waals surface area contributed by atoms with Crippen LogP contribution in [0.4, 0.5) is 5.69 Å². The average molecular weight is 319 g/mol. The molecule has 1 aliphatic rings. The van der Waals surface area contributed by atoms with Gasteiger partial charge in [-0.15, -0.1) is 0 Å². The molecule has 0 radical (unpaired) electrons. The summed E-state index contributed by atoms with van der Waals surface area (Å²) in [4.78, 5) is 25.6. The molecule has 0 unspecified atom stereocenters. The monoisotopic (exact) mass is 319 g/mol. The zero-order valence-electron chi connectivity index (χ0n) is 12.7. The van der Waals surface area contributed by atoms with Crippen molar-refractivity contribution in [1.82, 2.24) is 10.2 Å². The summed E-state index contributed by atoms with van der Waals surface area (Å²) in [6.07, 6.45) is 3.69. The van der Waals surface area contributed by atoms with Gasteiger partial charge in [-0.05, 0) is 49.7 Å². The Morgan fingerprint density at radius 1 is 1.23 bits per heavy atom. The maximum absolute atomic E-state index is 12.5. The number of nitrogens with one attached hydrogen (secondary N) is 2. The number of piperidine rings is 1. The number of thiocarbonyl (C=S) groups is 1. The number of hydrogen-bond donors (Lipinski definition) is 2. The molecule has 6 heteroatoms. The molecular formula is C16H21N3O2S. The molecule has 0 bridgehead atoms. The number of likely N-dealkylation sites (tertiary alicyclic amines) is 1. The van der Waals surface area contributed by atoms with Gasteiger partial charge in [0.2, 0.25) is 5.91 Å². The number of anilines is 1. The Kier molecular flexibility index (Phi) is 5.89. The molecule has 1 heterocycles. The molecule has 2 rings (SSSR count). The minimum Gasteiger partial charge on any atom is -0.339 e. The molecular weight excluding hydrogens is 298 g/mol. The summed E-state index contributed by atoms with van der Waals surface area (Å²) in [5.41, 5.74) is 1.33. The van der Waals surface area contributed by atoms with E-state index in [-0.39, 0.29) is 16.9 Å². The van der Waals surface area contributed by atoms with E-state index in [2.05, 4.69) is 10.6 Å². The number of rotatable bonds is 3. The lowest BCUT2D eigenvalue weighted by molar-refractivity contribution is -0.119. The molecule has 1 fully saturated rings. The van der Waals surface area contributed by atoms with Crippen molar-refractivity contribution in [3.63, 3.8) is 0 Å². The van der Waals surface area contributed by atoms with E-state index in [1.165, 1.54) is 6.42 Å². The summed E-state index contributed by atoms with van der Waals surface area (Å²) in [6, 6.07) is 7.19. The van der Waals surface area contributed by atoms with Crippen molar-refractivity contribution < 1.29 is 9.59 Å². The Morgan fingerprint density at radius 2 is 1.95 bits per heavy atom. The molecule has 5 nitrogen and oxygen atoms in total. The van der Waals surface area contributed by atoms with Crippen molar-refractivity contribution in [3.05, 3.63) is 29.8 Å². The van der Waals surface area contributed by atoms with Crippen LogP contribution in [0.5, 0.6) is 0 Å². The molecule has 0 saturated carbocycles. The molecule has 1 aliphatic heterocycles. The summed E-state index contributed by atoms with van der Waals surface area (Å²) in [6.45, 7) is 3.40. The van der Waals surface area contributed by atoms with Gasteiger partial charge in [0.25, 0.3) is 5.91 Å². The molecule has 22 heavy (non-hydrogen) atoms. The van der Waals surface area contributed by atoms with Crippen LogP contribution >= 0.6 is 12.2 Å². The van der Waals surface area contributed by atoms with E-state index in [1.54, 1.807) is 19.1 Å². The van der Waals surface area contributed by atoms with E-state index in [9.17, 15) is 9.59 Å². The minimum atomic E-state index is -0.141. The van der Waals surface area contributed by atoms with Crippen molar-refractivity contribution in [2.45, 2.75) is 32.6 Å². The van der Waals surface area contributed by atoms with Gasteiger partial charge in [0.1, 0.15) is 0 Å². The molecule has 1 aromatic rings. The highest BCUT2D eigenvalue weighted by atomic mass is 32.1. The van der Waals surface area contributed by atoms with Crippen LogP contribution in [0.1, 0.15) is 43.0 Å². The molecule has 118 valence electrons. The first-order valence-corrected chi connectivity index (χ1v) is 8.01. The topological polar surface area (TPSA) is 61.4 Å². The summed E-state index contributed by atoms with van der Waals surface area (Å²) >= 11 is 5.07. The third kappa shape index (κ3) is 4.53. The predicted octanol–water partition coefficient (Wildman–Crippen LogP) is 2.54. The van der Waals surface area contributed by atoms with Gasteiger partial charge in [-0.3, -0.25) is 9.59 Å². The lowest BCUT2D eigenvalue weighted by atomic mass is 10.1. The van der Waals surface area contributed by atoms with E-state index in [0.29, 0.717) is 17.7 Å². The Labute approximate surface area is 136 Å². The Balaban J connectivity index is 2.01. The van der Waals surface area contributed by atoms with Crippen molar-refractivity contribution in [1.29, 1.82) is 0 Å². The van der Waals surface area contributed by atoms with Gasteiger partial charge >= 0.3 is 0 Å². The second-order valence-corrected chi connectivity index (χ2v) is 5.70. The van der Waals surface area contributed by atoms with Crippen molar-refractivity contribution in [2.24, 2.45) is 0 Å². The molecule has 0 aromatic heterocycles. The zero-order valence-corrected chi connectivity index (χ0v) is 13.5. The second-order valence-electron chi connectivity index (χ2n) is 5.29. The highest BCUT2D eigenvalue weighted by Crippen LogP contribution is 2.16. The van der Waals surface area contributed by atoms with Gasteiger partial charge in [-0.25, -0.2) is 0 Å². The molecule has 0 aliphatic carbocycles. The fourth-order valence-electron chi connectivity index (χ4n) is 2.39. The fourth-order valence-corrected chi connectivity index (χ4v) is 2.62. The Bertz CT molecular complexity index is 568. The van der Waals surface area contributed by atoms with Crippen LogP contribution in [-0.4, -0.2) is 34.9 Å². The number of amides is 2. The van der Waals surface area contributed by atoms with Gasteiger partial charge in [-0.1, -0.05) is 13.0 Å². The third-order valence-corrected chi connectivity index (χ3v) is 3.79. The first-order chi connectivity index (χ1) is 10.6. The van der Waals surface area contributed by atoms with Gasteiger partial charge in [0.05, 0.1) is 0 Å². The highest BCUT2D eigenvalue weighted by Gasteiger charge is 2.18. The largest absolute Gasteiger partial charge is 0.339 e. The lowest BCUT2D eigenvalue weighted by Crippen LogP contribution is -2.36. The summed E-state index contributed by atoms with van der Waals surface area (Å²) in [7, 11) is 0. The molecule has 2 N–H and O–H groups in total. The maximum Gasteiger partial charge on any atom is 0.253 e. The minimum absolute atomic E-state index is 0.0480. The van der Waals surface area contributed by atoms with Crippen LogP contribution in [0.25, 0.3) is 0 Å². The SMILES string of the molecule is CCC(=O)NC(=S)Nc1cccc(C(=O)N2CCCCC2)c1. The average Bonchev–Trinajstić information content (AvgIpc) is 2.55. The standard InChI is InChI=1S/C16H21N3O2S/c1-2-14(20)18-16(22)17-13-8-6-7-12(11-13)15(21)19-9-4-3-5-10-19/h6-8,11H,2-5,9-10H2,1H3,(H2,17,18,20,22). The number of hydrogen-bond acceptors (Lipinski definition) is 3. The molecule has 2 amide bonds. The smallest absolute Gasteiger partial charge is 0.253 e. The zero-order chi connectivity index (χ0) is 15.9. The molecule has 1 aromatic carbocycles. The Morgan fingerprint density at radius 3 is 2.64 bits per heavy atom. The van der Waals surface area contributed by atoms with E-state index < -0.39 is 0 Å². The summed E-state index contributed by atoms with van der Waals surface area (Å²) < 4.78 is 0. The van der Waals surface area contributed by atoms with Crippen LogP contribution in [0, 0.1) is 0 Å². The van der Waals surface area contributed by atoms with E-state index in [4.69, 9.17) is 12.2 Å². The van der Waals surface area contributed by atoms with Gasteiger partial charge in [-0.2, -0.15) is 0 Å².